The largest absolute Gasteiger partial charge is 0.280 e. The molecule has 1 N–H and O–H groups in total. The molecule has 0 aromatic carbocycles. The Morgan fingerprint density at radius 2 is 2.00 bits per heavy atom. The maximum Gasteiger partial charge on any atom is 0.280 e. The molecule has 1 fully saturated rings. The zero-order chi connectivity index (χ0) is 12.4. The zero-order valence-electron chi connectivity index (χ0n) is 10.2. The predicted molar refractivity (Wildman–Crippen MR) is 64.9 cm³/mol. The summed E-state index contributed by atoms with van der Waals surface area (Å²) in [6.07, 6.45) is 7.41. The molecule has 0 radical (unpaired) electrons. The Morgan fingerprint density at radius 3 is 2.38 bits per heavy atom. The molecule has 0 heterocycles. The fraction of sp³-hybridized carbons (Fsp3) is 0.818. The molecule has 92 valence electrons. The van der Waals surface area contributed by atoms with Gasteiger partial charge in [-0.05, 0) is 39.5 Å². The predicted octanol–water partition coefficient (Wildman–Crippen LogP) is 0.964. The van der Waals surface area contributed by atoms with E-state index in [0.717, 1.165) is 12.8 Å². The molecule has 1 aliphatic rings. The second-order valence-corrected chi connectivity index (χ2v) is 6.97. The zero-order valence-corrected chi connectivity index (χ0v) is 11.0. The van der Waals surface area contributed by atoms with Gasteiger partial charge in [0.15, 0.2) is 0 Å². The first-order valence-corrected chi connectivity index (χ1v) is 6.91. The van der Waals surface area contributed by atoms with Crippen molar-refractivity contribution in [3.8, 4) is 12.3 Å². The Balaban J connectivity index is 2.71. The van der Waals surface area contributed by atoms with Crippen LogP contribution < -0.4 is 4.72 Å². The van der Waals surface area contributed by atoms with Gasteiger partial charge in [-0.2, -0.15) is 17.4 Å². The number of nitrogens with zero attached hydrogens (tertiary/aromatic N) is 1. The molecule has 0 atom stereocenters. The first-order valence-electron chi connectivity index (χ1n) is 5.47. The van der Waals surface area contributed by atoms with Crippen molar-refractivity contribution in [3.05, 3.63) is 0 Å². The first kappa shape index (κ1) is 13.5. The third kappa shape index (κ3) is 4.52. The third-order valence-electron chi connectivity index (χ3n) is 2.20. The van der Waals surface area contributed by atoms with Gasteiger partial charge in [-0.25, -0.2) is 0 Å². The lowest BCUT2D eigenvalue weighted by Crippen LogP contribution is -2.49. The van der Waals surface area contributed by atoms with E-state index in [-0.39, 0.29) is 6.54 Å². The average molecular weight is 244 g/mol. The van der Waals surface area contributed by atoms with Crippen LogP contribution in [0.1, 0.15) is 33.6 Å². The van der Waals surface area contributed by atoms with Crippen LogP contribution in [-0.4, -0.2) is 31.4 Å². The summed E-state index contributed by atoms with van der Waals surface area (Å²) < 4.78 is 28.0. The molecule has 1 rings (SSSR count). The maximum absolute atomic E-state index is 12.0. The van der Waals surface area contributed by atoms with Crippen molar-refractivity contribution in [2.24, 2.45) is 5.92 Å². The molecule has 16 heavy (non-hydrogen) atoms. The Morgan fingerprint density at radius 1 is 1.44 bits per heavy atom. The first-order chi connectivity index (χ1) is 7.24. The lowest BCUT2D eigenvalue weighted by Gasteiger charge is -2.26. The second kappa shape index (κ2) is 4.74. The molecular formula is C11H20N2O2S. The summed E-state index contributed by atoms with van der Waals surface area (Å²) in [5.41, 5.74) is -0.477. The molecule has 0 spiro atoms. The summed E-state index contributed by atoms with van der Waals surface area (Å²) in [6.45, 7) is 6.12. The van der Waals surface area contributed by atoms with Gasteiger partial charge in [0, 0.05) is 12.1 Å². The third-order valence-corrected chi connectivity index (χ3v) is 4.03. The van der Waals surface area contributed by atoms with Gasteiger partial charge in [0.2, 0.25) is 0 Å². The summed E-state index contributed by atoms with van der Waals surface area (Å²) in [6, 6.07) is 0. The van der Waals surface area contributed by atoms with Gasteiger partial charge in [0.25, 0.3) is 10.2 Å². The minimum Gasteiger partial charge on any atom is -0.197 e. The minimum absolute atomic E-state index is 0.141. The van der Waals surface area contributed by atoms with E-state index in [0.29, 0.717) is 12.5 Å². The SMILES string of the molecule is C#CCN(CC1CC1)S(=O)(=O)NC(C)(C)C. The average Bonchev–Trinajstić information content (AvgIpc) is 2.82. The van der Waals surface area contributed by atoms with Crippen molar-refractivity contribution in [3.63, 3.8) is 0 Å². The number of hydrogen-bond donors (Lipinski definition) is 1. The van der Waals surface area contributed by atoms with E-state index in [9.17, 15) is 8.42 Å². The monoisotopic (exact) mass is 244 g/mol. The van der Waals surface area contributed by atoms with Crippen LogP contribution in [0.4, 0.5) is 0 Å². The quantitative estimate of drug-likeness (QED) is 0.732. The highest BCUT2D eigenvalue weighted by atomic mass is 32.2. The molecule has 1 saturated carbocycles. The Bertz CT molecular complexity index is 372. The summed E-state index contributed by atoms with van der Waals surface area (Å²) in [5, 5.41) is 0. The van der Waals surface area contributed by atoms with Crippen molar-refractivity contribution in [1.82, 2.24) is 9.03 Å². The summed E-state index contributed by atoms with van der Waals surface area (Å²) >= 11 is 0. The van der Waals surface area contributed by atoms with Crippen LogP contribution in [-0.2, 0) is 10.2 Å². The van der Waals surface area contributed by atoms with E-state index in [1.165, 1.54) is 4.31 Å². The summed E-state index contributed by atoms with van der Waals surface area (Å²) in [4.78, 5) is 0. The van der Waals surface area contributed by atoms with E-state index in [2.05, 4.69) is 10.6 Å². The van der Waals surface area contributed by atoms with Crippen LogP contribution >= 0.6 is 0 Å². The molecule has 1 aliphatic carbocycles. The summed E-state index contributed by atoms with van der Waals surface area (Å²) in [7, 11) is -3.46. The number of terminal acetylenes is 1. The highest BCUT2D eigenvalue weighted by Crippen LogP contribution is 2.30. The molecule has 0 bridgehead atoms. The number of rotatable bonds is 5. The highest BCUT2D eigenvalue weighted by molar-refractivity contribution is 7.87. The van der Waals surface area contributed by atoms with Gasteiger partial charge >= 0.3 is 0 Å². The van der Waals surface area contributed by atoms with Crippen molar-refractivity contribution in [2.45, 2.75) is 39.2 Å². The van der Waals surface area contributed by atoms with E-state index >= 15 is 0 Å². The minimum atomic E-state index is -3.46. The van der Waals surface area contributed by atoms with Crippen LogP contribution in [0.25, 0.3) is 0 Å². The maximum atomic E-state index is 12.0. The van der Waals surface area contributed by atoms with E-state index in [1.807, 2.05) is 20.8 Å². The lowest BCUT2D eigenvalue weighted by atomic mass is 10.1. The van der Waals surface area contributed by atoms with Gasteiger partial charge in [-0.1, -0.05) is 5.92 Å². The van der Waals surface area contributed by atoms with E-state index in [4.69, 9.17) is 6.42 Å². The van der Waals surface area contributed by atoms with Gasteiger partial charge in [-0.3, -0.25) is 0 Å². The lowest BCUT2D eigenvalue weighted by molar-refractivity contribution is 0.398. The van der Waals surface area contributed by atoms with Crippen LogP contribution in [0.3, 0.4) is 0 Å². The fourth-order valence-corrected chi connectivity index (χ4v) is 2.94. The standard InChI is InChI=1S/C11H20N2O2S/c1-5-8-13(9-10-6-7-10)16(14,15)12-11(2,3)4/h1,10,12H,6-9H2,2-4H3. The van der Waals surface area contributed by atoms with Crippen LogP contribution in [0.15, 0.2) is 0 Å². The van der Waals surface area contributed by atoms with Gasteiger partial charge in [0.1, 0.15) is 0 Å². The Hall–Kier alpha value is -0.570. The molecule has 4 nitrogen and oxygen atoms in total. The Kier molecular flexibility index (Phi) is 4.00. The number of nitrogens with one attached hydrogen (secondary N) is 1. The fourth-order valence-electron chi connectivity index (χ4n) is 1.39. The van der Waals surface area contributed by atoms with E-state index < -0.39 is 15.7 Å². The van der Waals surface area contributed by atoms with Crippen molar-refractivity contribution < 1.29 is 8.42 Å². The van der Waals surface area contributed by atoms with Gasteiger partial charge < -0.3 is 0 Å². The van der Waals surface area contributed by atoms with Crippen LogP contribution in [0, 0.1) is 18.3 Å². The Labute approximate surface area is 98.6 Å². The molecule has 5 heteroatoms. The van der Waals surface area contributed by atoms with Gasteiger partial charge in [0.05, 0.1) is 6.54 Å². The highest BCUT2D eigenvalue weighted by Gasteiger charge is 2.32. The molecular weight excluding hydrogens is 224 g/mol. The molecule has 0 aliphatic heterocycles. The van der Waals surface area contributed by atoms with Crippen LogP contribution in [0.2, 0.25) is 0 Å². The second-order valence-electron chi connectivity index (χ2n) is 5.30. The van der Waals surface area contributed by atoms with Crippen LogP contribution in [0.5, 0.6) is 0 Å². The van der Waals surface area contributed by atoms with Crippen molar-refractivity contribution in [2.75, 3.05) is 13.1 Å². The molecule has 0 aromatic rings. The molecule has 0 amide bonds. The smallest absolute Gasteiger partial charge is 0.197 e. The molecule has 0 aromatic heterocycles. The molecule has 0 saturated heterocycles. The van der Waals surface area contributed by atoms with E-state index in [1.54, 1.807) is 0 Å². The van der Waals surface area contributed by atoms with Crippen molar-refractivity contribution in [1.29, 1.82) is 0 Å². The normalized spacial score (nSPS) is 17.4. The topological polar surface area (TPSA) is 49.4 Å². The van der Waals surface area contributed by atoms with Gasteiger partial charge in [-0.15, -0.1) is 6.42 Å². The van der Waals surface area contributed by atoms with Crippen molar-refractivity contribution >= 4 is 10.2 Å². The summed E-state index contributed by atoms with van der Waals surface area (Å²) in [5.74, 6) is 2.89. The molecule has 0 unspecified atom stereocenters. The number of hydrogen-bond acceptors (Lipinski definition) is 2.